The Kier molecular flexibility index (Phi) is 6.03. The van der Waals surface area contributed by atoms with Crippen LogP contribution >= 0.6 is 0 Å². The van der Waals surface area contributed by atoms with Gasteiger partial charge in [0.2, 0.25) is 0 Å². The van der Waals surface area contributed by atoms with E-state index < -0.39 is 11.6 Å². The molecule has 0 bridgehead atoms. The number of methoxy groups -OCH3 is 1. The molecule has 0 atom stereocenters. The number of carboxylic acid groups (broad SMARTS) is 1. The standard InChI is InChI=1S/C18H23NO6/c1-3-4-13-5-6-14(15(11-13)24-2)25-12-16(20)19-9-7-18(23,8-10-19)17(21)22/h3,5-6,11,23H,1,4,7-10,12H2,2H3,(H,21,22). The first-order valence-electron chi connectivity index (χ1n) is 8.04. The fourth-order valence-electron chi connectivity index (χ4n) is 2.70. The normalized spacial score (nSPS) is 16.2. The lowest BCUT2D eigenvalue weighted by Gasteiger charge is -2.35. The van der Waals surface area contributed by atoms with E-state index in [4.69, 9.17) is 14.6 Å². The second-order valence-electron chi connectivity index (χ2n) is 5.98. The van der Waals surface area contributed by atoms with E-state index in [1.165, 1.54) is 12.0 Å². The Labute approximate surface area is 146 Å². The van der Waals surface area contributed by atoms with Gasteiger partial charge in [-0.1, -0.05) is 12.1 Å². The van der Waals surface area contributed by atoms with Gasteiger partial charge in [-0.05, 0) is 24.1 Å². The Balaban J connectivity index is 1.92. The van der Waals surface area contributed by atoms with Gasteiger partial charge in [0.1, 0.15) is 0 Å². The summed E-state index contributed by atoms with van der Waals surface area (Å²) in [6.45, 7) is 3.87. The van der Waals surface area contributed by atoms with Crippen molar-refractivity contribution in [2.75, 3.05) is 26.8 Å². The van der Waals surface area contributed by atoms with E-state index in [1.54, 1.807) is 12.1 Å². The highest BCUT2D eigenvalue weighted by Crippen LogP contribution is 2.29. The molecule has 2 rings (SSSR count). The average Bonchev–Trinajstić information content (AvgIpc) is 2.61. The third-order valence-corrected chi connectivity index (χ3v) is 4.30. The first-order valence-corrected chi connectivity index (χ1v) is 8.04. The quantitative estimate of drug-likeness (QED) is 0.719. The molecule has 136 valence electrons. The Morgan fingerprint density at radius 1 is 1.32 bits per heavy atom. The fraction of sp³-hybridized carbons (Fsp3) is 0.444. The highest BCUT2D eigenvalue weighted by atomic mass is 16.5. The largest absolute Gasteiger partial charge is 0.493 e. The molecule has 1 aliphatic heterocycles. The van der Waals surface area contributed by atoms with E-state index in [1.807, 2.05) is 12.1 Å². The molecule has 0 spiro atoms. The number of allylic oxidation sites excluding steroid dienone is 1. The number of rotatable bonds is 7. The number of carboxylic acids is 1. The molecule has 2 N–H and O–H groups in total. The number of ether oxygens (including phenoxy) is 2. The lowest BCUT2D eigenvalue weighted by Crippen LogP contribution is -2.51. The summed E-state index contributed by atoms with van der Waals surface area (Å²) in [4.78, 5) is 24.7. The maximum Gasteiger partial charge on any atom is 0.335 e. The second kappa shape index (κ2) is 8.02. The minimum absolute atomic E-state index is 0.00758. The van der Waals surface area contributed by atoms with Crippen molar-refractivity contribution in [2.24, 2.45) is 0 Å². The second-order valence-corrected chi connectivity index (χ2v) is 5.98. The molecule has 25 heavy (non-hydrogen) atoms. The predicted molar refractivity (Wildman–Crippen MR) is 90.8 cm³/mol. The monoisotopic (exact) mass is 349 g/mol. The first kappa shape index (κ1) is 18.8. The van der Waals surface area contributed by atoms with Crippen LogP contribution in [0.3, 0.4) is 0 Å². The minimum Gasteiger partial charge on any atom is -0.493 e. The first-order chi connectivity index (χ1) is 11.9. The number of aliphatic hydroxyl groups is 1. The summed E-state index contributed by atoms with van der Waals surface area (Å²) >= 11 is 0. The van der Waals surface area contributed by atoms with E-state index in [2.05, 4.69) is 6.58 Å². The van der Waals surface area contributed by atoms with Crippen LogP contribution in [0.15, 0.2) is 30.9 Å². The molecule has 1 heterocycles. The van der Waals surface area contributed by atoms with Gasteiger partial charge in [0.05, 0.1) is 7.11 Å². The van der Waals surface area contributed by atoms with Crippen LogP contribution in [0.25, 0.3) is 0 Å². The van der Waals surface area contributed by atoms with Gasteiger partial charge in [-0.15, -0.1) is 6.58 Å². The van der Waals surface area contributed by atoms with Crippen molar-refractivity contribution in [3.05, 3.63) is 36.4 Å². The maximum atomic E-state index is 12.2. The van der Waals surface area contributed by atoms with Gasteiger partial charge in [0.25, 0.3) is 5.91 Å². The Morgan fingerprint density at radius 2 is 2.00 bits per heavy atom. The molecule has 0 saturated carbocycles. The number of nitrogens with zero attached hydrogens (tertiary/aromatic N) is 1. The number of carbonyl (C=O) groups is 2. The highest BCUT2D eigenvalue weighted by Gasteiger charge is 2.40. The number of hydrogen-bond donors (Lipinski definition) is 2. The number of piperidine rings is 1. The number of carbonyl (C=O) groups excluding carboxylic acids is 1. The number of hydrogen-bond acceptors (Lipinski definition) is 5. The summed E-state index contributed by atoms with van der Waals surface area (Å²) in [6.07, 6.45) is 2.50. The Bertz CT molecular complexity index is 649. The topological polar surface area (TPSA) is 96.3 Å². The van der Waals surface area contributed by atoms with Crippen molar-refractivity contribution in [2.45, 2.75) is 24.9 Å². The molecule has 1 saturated heterocycles. The van der Waals surface area contributed by atoms with Gasteiger partial charge < -0.3 is 24.6 Å². The molecule has 0 unspecified atom stereocenters. The molecule has 1 fully saturated rings. The summed E-state index contributed by atoms with van der Waals surface area (Å²) in [6, 6.07) is 5.44. The SMILES string of the molecule is C=CCc1ccc(OCC(=O)N2CCC(O)(C(=O)O)CC2)c(OC)c1. The summed E-state index contributed by atoms with van der Waals surface area (Å²) < 4.78 is 10.8. The Hall–Kier alpha value is -2.54. The summed E-state index contributed by atoms with van der Waals surface area (Å²) in [5, 5.41) is 18.9. The molecule has 1 aromatic rings. The zero-order valence-electron chi connectivity index (χ0n) is 14.2. The average molecular weight is 349 g/mol. The van der Waals surface area contributed by atoms with Crippen molar-refractivity contribution in [3.8, 4) is 11.5 Å². The van der Waals surface area contributed by atoms with Crippen LogP contribution in [0.2, 0.25) is 0 Å². The van der Waals surface area contributed by atoms with E-state index >= 15 is 0 Å². The third kappa shape index (κ3) is 4.51. The van der Waals surface area contributed by atoms with Crippen molar-refractivity contribution < 1.29 is 29.3 Å². The smallest absolute Gasteiger partial charge is 0.335 e. The molecule has 7 heteroatoms. The van der Waals surface area contributed by atoms with E-state index in [0.29, 0.717) is 17.9 Å². The van der Waals surface area contributed by atoms with Crippen molar-refractivity contribution in [1.29, 1.82) is 0 Å². The third-order valence-electron chi connectivity index (χ3n) is 4.30. The number of likely N-dealkylation sites (tertiary alicyclic amines) is 1. The zero-order valence-corrected chi connectivity index (χ0v) is 14.2. The highest BCUT2D eigenvalue weighted by molar-refractivity contribution is 5.80. The molecule has 0 radical (unpaired) electrons. The lowest BCUT2D eigenvalue weighted by molar-refractivity contribution is -0.165. The molecular formula is C18H23NO6. The number of aliphatic carboxylic acids is 1. The van der Waals surface area contributed by atoms with Crippen LogP contribution < -0.4 is 9.47 Å². The zero-order chi connectivity index (χ0) is 18.4. The number of benzene rings is 1. The van der Waals surface area contributed by atoms with Crippen molar-refractivity contribution >= 4 is 11.9 Å². The fourth-order valence-corrected chi connectivity index (χ4v) is 2.70. The van der Waals surface area contributed by atoms with E-state index in [0.717, 1.165) is 5.56 Å². The van der Waals surface area contributed by atoms with Gasteiger partial charge in [0.15, 0.2) is 23.7 Å². The summed E-state index contributed by atoms with van der Waals surface area (Å²) in [5.74, 6) is -0.515. The molecule has 1 aliphatic rings. The molecular weight excluding hydrogens is 326 g/mol. The van der Waals surface area contributed by atoms with Gasteiger partial charge in [-0.2, -0.15) is 0 Å². The number of amides is 1. The molecule has 0 aromatic heterocycles. The van der Waals surface area contributed by atoms with E-state index in [9.17, 15) is 14.7 Å². The Morgan fingerprint density at radius 3 is 2.56 bits per heavy atom. The van der Waals surface area contributed by atoms with Crippen LogP contribution in [0.1, 0.15) is 18.4 Å². The van der Waals surface area contributed by atoms with Crippen molar-refractivity contribution in [3.63, 3.8) is 0 Å². The molecule has 7 nitrogen and oxygen atoms in total. The van der Waals surface area contributed by atoms with Gasteiger partial charge in [-0.3, -0.25) is 4.79 Å². The summed E-state index contributed by atoms with van der Waals surface area (Å²) in [5.41, 5.74) is -0.725. The van der Waals surface area contributed by atoms with E-state index in [-0.39, 0.29) is 38.4 Å². The van der Waals surface area contributed by atoms with Crippen LogP contribution in [0, 0.1) is 0 Å². The minimum atomic E-state index is -1.75. The van der Waals surface area contributed by atoms with Crippen molar-refractivity contribution in [1.82, 2.24) is 4.90 Å². The van der Waals surface area contributed by atoms with Gasteiger partial charge >= 0.3 is 5.97 Å². The lowest BCUT2D eigenvalue weighted by atomic mass is 9.92. The molecule has 1 amide bonds. The van der Waals surface area contributed by atoms with Crippen LogP contribution in [-0.2, 0) is 16.0 Å². The molecule has 0 aliphatic carbocycles. The van der Waals surface area contributed by atoms with Gasteiger partial charge in [0, 0.05) is 25.9 Å². The van der Waals surface area contributed by atoms with Crippen LogP contribution in [0.4, 0.5) is 0 Å². The predicted octanol–water partition coefficient (Wildman–Crippen LogP) is 1.24. The summed E-state index contributed by atoms with van der Waals surface area (Å²) in [7, 11) is 1.53. The van der Waals surface area contributed by atoms with Gasteiger partial charge in [-0.25, -0.2) is 4.79 Å². The van der Waals surface area contributed by atoms with Crippen LogP contribution in [-0.4, -0.2) is 59.4 Å². The maximum absolute atomic E-state index is 12.2. The molecule has 1 aromatic carbocycles. The van der Waals surface area contributed by atoms with Crippen LogP contribution in [0.5, 0.6) is 11.5 Å².